The number of fused-ring (bicyclic) bond motifs is 1. The van der Waals surface area contributed by atoms with Gasteiger partial charge in [0.2, 0.25) is 0 Å². The Morgan fingerprint density at radius 1 is 1.00 bits per heavy atom. The molecule has 1 heterocycles. The molecule has 1 unspecified atom stereocenters. The second-order valence-corrected chi connectivity index (χ2v) is 8.12. The van der Waals surface area contributed by atoms with Crippen LogP contribution in [-0.2, 0) is 11.2 Å². The standard InChI is InChI=1S/C25H22ClFN2O/c1-15-4-5-17(12-16(15)2)13-22-25(30)29(3)23-11-8-19(26)14-21(23)24(28-22)18-6-9-20(27)10-7-18/h4-12,14,22H,13H2,1-3H3. The largest absolute Gasteiger partial charge is 0.313 e. The molecule has 0 radical (unpaired) electrons. The van der Waals surface area contributed by atoms with Crippen molar-refractivity contribution in [1.29, 1.82) is 0 Å². The van der Waals surface area contributed by atoms with E-state index in [0.29, 0.717) is 17.2 Å². The van der Waals surface area contributed by atoms with Crippen LogP contribution in [0, 0.1) is 19.7 Å². The Bertz CT molecular complexity index is 1150. The van der Waals surface area contributed by atoms with Crippen LogP contribution in [0.5, 0.6) is 0 Å². The first-order chi connectivity index (χ1) is 14.3. The van der Waals surface area contributed by atoms with Gasteiger partial charge in [-0.15, -0.1) is 0 Å². The number of likely N-dealkylation sites (N-methyl/N-ethyl adjacent to an activating group) is 1. The van der Waals surface area contributed by atoms with Gasteiger partial charge in [-0.3, -0.25) is 9.79 Å². The van der Waals surface area contributed by atoms with E-state index in [1.807, 2.05) is 12.1 Å². The van der Waals surface area contributed by atoms with E-state index < -0.39 is 6.04 Å². The van der Waals surface area contributed by atoms with Crippen LogP contribution in [0.1, 0.15) is 27.8 Å². The number of benzene rings is 3. The Hall–Kier alpha value is -2.98. The molecule has 5 heteroatoms. The zero-order valence-corrected chi connectivity index (χ0v) is 17.9. The van der Waals surface area contributed by atoms with Crippen LogP contribution in [0.4, 0.5) is 10.1 Å². The second kappa shape index (κ2) is 8.04. The first kappa shape index (κ1) is 20.3. The van der Waals surface area contributed by atoms with Crippen molar-refractivity contribution in [2.75, 3.05) is 11.9 Å². The fourth-order valence-electron chi connectivity index (χ4n) is 3.74. The molecule has 4 rings (SSSR count). The van der Waals surface area contributed by atoms with Gasteiger partial charge in [-0.1, -0.05) is 29.8 Å². The molecule has 0 N–H and O–H groups in total. The van der Waals surface area contributed by atoms with Crippen LogP contribution in [0.2, 0.25) is 5.02 Å². The number of benzodiazepines with no additional fused rings is 1. The molecule has 152 valence electrons. The fraction of sp³-hybridized carbons (Fsp3) is 0.200. The topological polar surface area (TPSA) is 32.7 Å². The summed E-state index contributed by atoms with van der Waals surface area (Å²) in [6.45, 7) is 4.12. The van der Waals surface area contributed by atoms with E-state index in [0.717, 1.165) is 22.4 Å². The van der Waals surface area contributed by atoms with Gasteiger partial charge in [-0.05, 0) is 73.0 Å². The summed E-state index contributed by atoms with van der Waals surface area (Å²) >= 11 is 6.27. The van der Waals surface area contributed by atoms with Crippen molar-refractivity contribution in [2.45, 2.75) is 26.3 Å². The maximum Gasteiger partial charge on any atom is 0.251 e. The Morgan fingerprint density at radius 2 is 1.73 bits per heavy atom. The van der Waals surface area contributed by atoms with E-state index in [1.54, 1.807) is 36.2 Å². The lowest BCUT2D eigenvalue weighted by Crippen LogP contribution is -2.36. The van der Waals surface area contributed by atoms with Gasteiger partial charge in [0, 0.05) is 29.6 Å². The molecule has 3 nitrogen and oxygen atoms in total. The number of carbonyl (C=O) groups is 1. The first-order valence-corrected chi connectivity index (χ1v) is 10.2. The molecule has 1 atom stereocenters. The zero-order valence-electron chi connectivity index (χ0n) is 17.1. The van der Waals surface area contributed by atoms with Crippen LogP contribution in [0.15, 0.2) is 65.7 Å². The Morgan fingerprint density at radius 3 is 2.43 bits per heavy atom. The van der Waals surface area contributed by atoms with Gasteiger partial charge in [0.15, 0.2) is 0 Å². The predicted molar refractivity (Wildman–Crippen MR) is 120 cm³/mol. The maximum absolute atomic E-state index is 13.5. The number of amides is 1. The van der Waals surface area contributed by atoms with Crippen molar-refractivity contribution in [2.24, 2.45) is 4.99 Å². The molecule has 30 heavy (non-hydrogen) atoms. The summed E-state index contributed by atoms with van der Waals surface area (Å²) in [5.41, 5.74) is 6.31. The van der Waals surface area contributed by atoms with Gasteiger partial charge in [0.25, 0.3) is 5.91 Å². The van der Waals surface area contributed by atoms with Crippen LogP contribution in [0.25, 0.3) is 0 Å². The molecule has 0 saturated carbocycles. The van der Waals surface area contributed by atoms with E-state index in [-0.39, 0.29) is 11.7 Å². The third-order valence-corrected chi connectivity index (χ3v) is 5.83. The molecule has 1 amide bonds. The van der Waals surface area contributed by atoms with Gasteiger partial charge >= 0.3 is 0 Å². The molecule has 0 aromatic heterocycles. The Kier molecular flexibility index (Phi) is 5.44. The van der Waals surface area contributed by atoms with Crippen molar-refractivity contribution in [3.8, 4) is 0 Å². The van der Waals surface area contributed by atoms with Gasteiger partial charge in [-0.2, -0.15) is 0 Å². The summed E-state index contributed by atoms with van der Waals surface area (Å²) in [6, 6.07) is 17.2. The summed E-state index contributed by atoms with van der Waals surface area (Å²) in [5, 5.41) is 0.553. The van der Waals surface area contributed by atoms with Crippen molar-refractivity contribution < 1.29 is 9.18 Å². The summed E-state index contributed by atoms with van der Waals surface area (Å²) in [5.74, 6) is -0.409. The van der Waals surface area contributed by atoms with Gasteiger partial charge in [0.1, 0.15) is 11.9 Å². The summed E-state index contributed by atoms with van der Waals surface area (Å²) < 4.78 is 13.5. The predicted octanol–water partition coefficient (Wildman–Crippen LogP) is 5.52. The number of anilines is 1. The zero-order chi connectivity index (χ0) is 21.4. The van der Waals surface area contributed by atoms with Gasteiger partial charge < -0.3 is 4.90 Å². The molecule has 1 aliphatic heterocycles. The van der Waals surface area contributed by atoms with Crippen LogP contribution < -0.4 is 4.90 Å². The third-order valence-electron chi connectivity index (χ3n) is 5.59. The minimum Gasteiger partial charge on any atom is -0.313 e. The minimum atomic E-state index is -0.594. The number of rotatable bonds is 3. The van der Waals surface area contributed by atoms with E-state index in [2.05, 4.69) is 26.0 Å². The van der Waals surface area contributed by atoms with Crippen molar-refractivity contribution in [3.63, 3.8) is 0 Å². The molecule has 0 bridgehead atoms. The number of carbonyl (C=O) groups excluding carboxylic acids is 1. The summed E-state index contributed by atoms with van der Waals surface area (Å²) in [7, 11) is 1.76. The lowest BCUT2D eigenvalue weighted by atomic mass is 9.99. The lowest BCUT2D eigenvalue weighted by molar-refractivity contribution is -0.119. The second-order valence-electron chi connectivity index (χ2n) is 7.68. The van der Waals surface area contributed by atoms with Crippen LogP contribution in [-0.4, -0.2) is 24.7 Å². The highest BCUT2D eigenvalue weighted by atomic mass is 35.5. The molecule has 0 spiro atoms. The minimum absolute atomic E-state index is 0.0890. The third kappa shape index (κ3) is 3.88. The maximum atomic E-state index is 13.5. The average Bonchev–Trinajstić information content (AvgIpc) is 2.82. The molecular weight excluding hydrogens is 399 g/mol. The van der Waals surface area contributed by atoms with Gasteiger partial charge in [-0.25, -0.2) is 4.39 Å². The molecular formula is C25H22ClFN2O. The number of halogens is 2. The van der Waals surface area contributed by atoms with Crippen molar-refractivity contribution >= 4 is 28.9 Å². The number of hydrogen-bond donors (Lipinski definition) is 0. The van der Waals surface area contributed by atoms with E-state index in [9.17, 15) is 9.18 Å². The molecule has 3 aromatic rings. The number of hydrogen-bond acceptors (Lipinski definition) is 2. The average molecular weight is 421 g/mol. The SMILES string of the molecule is Cc1ccc(CC2N=C(c3ccc(F)cc3)c3cc(Cl)ccc3N(C)C2=O)cc1C. The Balaban J connectivity index is 1.85. The number of nitrogens with zero attached hydrogens (tertiary/aromatic N) is 2. The van der Waals surface area contributed by atoms with Crippen molar-refractivity contribution in [3.05, 3.63) is 99.3 Å². The lowest BCUT2D eigenvalue weighted by Gasteiger charge is -2.20. The normalized spacial score (nSPS) is 16.2. The summed E-state index contributed by atoms with van der Waals surface area (Å²) in [4.78, 5) is 19.8. The van der Waals surface area contributed by atoms with Crippen LogP contribution >= 0.6 is 11.6 Å². The highest BCUT2D eigenvalue weighted by Gasteiger charge is 2.30. The van der Waals surface area contributed by atoms with Crippen LogP contribution in [0.3, 0.4) is 0 Å². The smallest absolute Gasteiger partial charge is 0.251 e. The van der Waals surface area contributed by atoms with E-state index >= 15 is 0 Å². The molecule has 1 aliphatic rings. The van der Waals surface area contributed by atoms with Crippen molar-refractivity contribution in [1.82, 2.24) is 0 Å². The highest BCUT2D eigenvalue weighted by molar-refractivity contribution is 6.32. The first-order valence-electron chi connectivity index (χ1n) is 9.81. The van der Waals surface area contributed by atoms with E-state index in [1.165, 1.54) is 23.3 Å². The van der Waals surface area contributed by atoms with E-state index in [4.69, 9.17) is 16.6 Å². The quantitative estimate of drug-likeness (QED) is 0.549. The highest BCUT2D eigenvalue weighted by Crippen LogP contribution is 2.31. The molecule has 3 aromatic carbocycles. The number of aliphatic imine (C=N–C) groups is 1. The number of aryl methyl sites for hydroxylation is 2. The van der Waals surface area contributed by atoms with Gasteiger partial charge in [0.05, 0.1) is 11.4 Å². The fourth-order valence-corrected chi connectivity index (χ4v) is 3.91. The summed E-state index contributed by atoms with van der Waals surface area (Å²) in [6.07, 6.45) is 0.483. The molecule has 0 fully saturated rings. The monoisotopic (exact) mass is 420 g/mol. The Labute approximate surface area is 180 Å². The molecule has 0 aliphatic carbocycles. The molecule has 0 saturated heterocycles.